The van der Waals surface area contributed by atoms with Gasteiger partial charge in [-0.25, -0.2) is 0 Å². The second-order valence-electron chi connectivity index (χ2n) is 7.77. The first kappa shape index (κ1) is 14.4. The Morgan fingerprint density at radius 2 is 2.00 bits per heavy atom. The molecule has 0 aliphatic heterocycles. The average molecular weight is 302 g/mol. The van der Waals surface area contributed by atoms with Gasteiger partial charge >= 0.3 is 0 Å². The molecule has 0 saturated heterocycles. The summed E-state index contributed by atoms with van der Waals surface area (Å²) in [7, 11) is 1.70. The normalized spacial score (nSPS) is 39.8. The Hall–Kier alpha value is -1.22. The molecule has 0 amide bonds. The van der Waals surface area contributed by atoms with Gasteiger partial charge in [-0.2, -0.15) is 0 Å². The quantitative estimate of drug-likeness (QED) is 0.833. The van der Waals surface area contributed by atoms with Crippen molar-refractivity contribution in [1.29, 1.82) is 0 Å². The Balaban J connectivity index is 1.76. The zero-order valence-corrected chi connectivity index (χ0v) is 13.5. The van der Waals surface area contributed by atoms with E-state index < -0.39 is 0 Å². The summed E-state index contributed by atoms with van der Waals surface area (Å²) >= 11 is 0. The van der Waals surface area contributed by atoms with E-state index in [1.165, 1.54) is 17.5 Å². The van der Waals surface area contributed by atoms with Crippen LogP contribution in [0.2, 0.25) is 0 Å². The van der Waals surface area contributed by atoms with E-state index in [2.05, 4.69) is 6.92 Å². The maximum absolute atomic E-state index is 10.4. The van der Waals surface area contributed by atoms with E-state index in [9.17, 15) is 10.2 Å². The Kier molecular flexibility index (Phi) is 3.19. The van der Waals surface area contributed by atoms with E-state index in [0.717, 1.165) is 37.9 Å². The summed E-state index contributed by atoms with van der Waals surface area (Å²) in [6, 6.07) is 3.68. The molecule has 0 heterocycles. The predicted octanol–water partition coefficient (Wildman–Crippen LogP) is 3.62. The first-order valence-electron chi connectivity index (χ1n) is 8.62. The molecule has 0 radical (unpaired) electrons. The van der Waals surface area contributed by atoms with Crippen LogP contribution in [0.1, 0.15) is 56.1 Å². The van der Waals surface area contributed by atoms with Gasteiger partial charge in [0.15, 0.2) is 0 Å². The number of ether oxygens (including phenoxy) is 1. The van der Waals surface area contributed by atoms with Crippen molar-refractivity contribution in [2.24, 2.45) is 17.3 Å². The number of fused-ring (bicyclic) bond motifs is 5. The minimum atomic E-state index is -0.124. The van der Waals surface area contributed by atoms with Crippen LogP contribution in [0.15, 0.2) is 12.1 Å². The molecule has 2 N–H and O–H groups in total. The van der Waals surface area contributed by atoms with Crippen molar-refractivity contribution < 1.29 is 14.9 Å². The summed E-state index contributed by atoms with van der Waals surface area (Å²) in [5.41, 5.74) is 2.71. The summed E-state index contributed by atoms with van der Waals surface area (Å²) in [4.78, 5) is 0. The van der Waals surface area contributed by atoms with E-state index in [4.69, 9.17) is 4.74 Å². The number of hydrogen-bond donors (Lipinski definition) is 2. The van der Waals surface area contributed by atoms with Crippen molar-refractivity contribution in [2.75, 3.05) is 7.11 Å². The number of phenolic OH excluding ortho intramolecular Hbond substituents is 1. The zero-order chi connectivity index (χ0) is 15.5. The number of aryl methyl sites for hydroxylation is 1. The highest BCUT2D eigenvalue weighted by atomic mass is 16.5. The van der Waals surface area contributed by atoms with Crippen LogP contribution < -0.4 is 4.74 Å². The molecular weight excluding hydrogens is 276 g/mol. The van der Waals surface area contributed by atoms with Gasteiger partial charge in [0.05, 0.1) is 13.2 Å². The van der Waals surface area contributed by atoms with Crippen LogP contribution >= 0.6 is 0 Å². The summed E-state index contributed by atoms with van der Waals surface area (Å²) in [5.74, 6) is 2.98. The molecule has 3 aliphatic rings. The monoisotopic (exact) mass is 302 g/mol. The zero-order valence-electron chi connectivity index (χ0n) is 13.5. The van der Waals surface area contributed by atoms with E-state index in [0.29, 0.717) is 23.5 Å². The third kappa shape index (κ3) is 1.84. The van der Waals surface area contributed by atoms with E-state index in [-0.39, 0.29) is 11.5 Å². The van der Waals surface area contributed by atoms with E-state index in [1.54, 1.807) is 13.2 Å². The predicted molar refractivity (Wildman–Crippen MR) is 85.3 cm³/mol. The molecule has 2 saturated carbocycles. The first-order valence-corrected chi connectivity index (χ1v) is 8.62. The Morgan fingerprint density at radius 3 is 2.77 bits per heavy atom. The summed E-state index contributed by atoms with van der Waals surface area (Å²) < 4.78 is 5.59. The minimum absolute atomic E-state index is 0.114. The molecule has 4 rings (SSSR count). The minimum Gasteiger partial charge on any atom is -0.508 e. The standard InChI is InChI=1S/C19H26O3/c1-19-8-7-14-13(15(19)5-6-17(19)21)4-3-11-9-12(20)10-16(22-2)18(11)14/h9-10,13-15,17,20-21H,3-8H2,1-2H3. The van der Waals surface area contributed by atoms with Crippen molar-refractivity contribution in [3.05, 3.63) is 23.3 Å². The van der Waals surface area contributed by atoms with Crippen LogP contribution in [-0.4, -0.2) is 23.4 Å². The lowest BCUT2D eigenvalue weighted by Crippen LogP contribution is -2.44. The van der Waals surface area contributed by atoms with Crippen LogP contribution in [0.5, 0.6) is 11.5 Å². The third-order valence-corrected chi connectivity index (χ3v) is 6.94. The van der Waals surface area contributed by atoms with Gasteiger partial charge in [0.1, 0.15) is 11.5 Å². The number of methoxy groups -OCH3 is 1. The second-order valence-corrected chi connectivity index (χ2v) is 7.77. The van der Waals surface area contributed by atoms with Gasteiger partial charge in [0, 0.05) is 11.6 Å². The second kappa shape index (κ2) is 4.89. The van der Waals surface area contributed by atoms with Crippen LogP contribution in [0.4, 0.5) is 0 Å². The Morgan fingerprint density at radius 1 is 1.18 bits per heavy atom. The lowest BCUT2D eigenvalue weighted by Gasteiger charge is -2.50. The summed E-state index contributed by atoms with van der Waals surface area (Å²) in [6.07, 6.45) is 6.42. The number of aliphatic hydroxyl groups excluding tert-OH is 1. The fourth-order valence-electron chi connectivity index (χ4n) is 5.81. The molecule has 0 spiro atoms. The maximum atomic E-state index is 10.4. The highest BCUT2D eigenvalue weighted by Gasteiger charge is 2.54. The number of aliphatic hydroxyl groups is 1. The number of benzene rings is 1. The molecule has 1 aromatic rings. The number of phenols is 1. The summed E-state index contributed by atoms with van der Waals surface area (Å²) in [6.45, 7) is 2.30. The Bertz CT molecular complexity index is 579. The molecule has 3 nitrogen and oxygen atoms in total. The lowest BCUT2D eigenvalue weighted by atomic mass is 9.55. The first-order chi connectivity index (χ1) is 10.5. The fourth-order valence-corrected chi connectivity index (χ4v) is 5.81. The molecule has 0 bridgehead atoms. The molecule has 1 aromatic carbocycles. The third-order valence-electron chi connectivity index (χ3n) is 6.94. The molecule has 0 aromatic heterocycles. The van der Waals surface area contributed by atoms with Gasteiger partial charge in [0.25, 0.3) is 0 Å². The van der Waals surface area contributed by atoms with Crippen LogP contribution in [0.3, 0.4) is 0 Å². The van der Waals surface area contributed by atoms with Gasteiger partial charge in [-0.15, -0.1) is 0 Å². The van der Waals surface area contributed by atoms with E-state index in [1.807, 2.05) is 6.07 Å². The number of rotatable bonds is 1. The van der Waals surface area contributed by atoms with Crippen molar-refractivity contribution in [3.8, 4) is 11.5 Å². The molecular formula is C19H26O3. The molecule has 3 aliphatic carbocycles. The van der Waals surface area contributed by atoms with Gasteiger partial charge in [0.2, 0.25) is 0 Å². The number of aromatic hydroxyl groups is 1. The van der Waals surface area contributed by atoms with Crippen LogP contribution in [0.25, 0.3) is 0 Å². The van der Waals surface area contributed by atoms with Crippen molar-refractivity contribution >= 4 is 0 Å². The molecule has 2 fully saturated rings. The molecule has 5 unspecified atom stereocenters. The molecule has 22 heavy (non-hydrogen) atoms. The van der Waals surface area contributed by atoms with Gasteiger partial charge in [-0.3, -0.25) is 0 Å². The molecule has 5 atom stereocenters. The largest absolute Gasteiger partial charge is 0.508 e. The van der Waals surface area contributed by atoms with E-state index >= 15 is 0 Å². The molecule has 120 valence electrons. The smallest absolute Gasteiger partial charge is 0.126 e. The highest BCUT2D eigenvalue weighted by molar-refractivity contribution is 5.50. The molecule has 3 heteroatoms. The average Bonchev–Trinajstić information content (AvgIpc) is 2.81. The van der Waals surface area contributed by atoms with Crippen LogP contribution in [-0.2, 0) is 6.42 Å². The van der Waals surface area contributed by atoms with Gasteiger partial charge < -0.3 is 14.9 Å². The van der Waals surface area contributed by atoms with Gasteiger partial charge in [-0.05, 0) is 73.3 Å². The van der Waals surface area contributed by atoms with Crippen LogP contribution in [0, 0.1) is 17.3 Å². The lowest BCUT2D eigenvalue weighted by molar-refractivity contribution is -0.0229. The Labute approximate surface area is 132 Å². The maximum Gasteiger partial charge on any atom is 0.126 e. The summed E-state index contributed by atoms with van der Waals surface area (Å²) in [5, 5.41) is 20.4. The van der Waals surface area contributed by atoms with Crippen molar-refractivity contribution in [3.63, 3.8) is 0 Å². The fraction of sp³-hybridized carbons (Fsp3) is 0.684. The highest BCUT2D eigenvalue weighted by Crippen LogP contribution is 2.61. The SMILES string of the molecule is COc1cc(O)cc2c1C1CCC3(C)C(O)CCC3C1CC2. The van der Waals surface area contributed by atoms with Crippen molar-refractivity contribution in [1.82, 2.24) is 0 Å². The van der Waals surface area contributed by atoms with Gasteiger partial charge in [-0.1, -0.05) is 6.92 Å². The number of hydrogen-bond acceptors (Lipinski definition) is 3. The topological polar surface area (TPSA) is 49.7 Å². The van der Waals surface area contributed by atoms with Crippen molar-refractivity contribution in [2.45, 2.75) is 57.5 Å².